The van der Waals surface area contributed by atoms with Gasteiger partial charge in [-0.05, 0) is 37.6 Å². The summed E-state index contributed by atoms with van der Waals surface area (Å²) in [5.74, 6) is 2.86. The lowest BCUT2D eigenvalue weighted by Crippen LogP contribution is -2.15. The molecule has 0 bridgehead atoms. The summed E-state index contributed by atoms with van der Waals surface area (Å²) < 4.78 is 5.19. The minimum Gasteiger partial charge on any atom is -0.497 e. The number of hydrogen-bond acceptors (Lipinski definition) is 5. The molecule has 0 aliphatic heterocycles. The van der Waals surface area contributed by atoms with Crippen molar-refractivity contribution >= 4 is 28.9 Å². The molecule has 5 nitrogen and oxygen atoms in total. The summed E-state index contributed by atoms with van der Waals surface area (Å²) in [5, 5.41) is 3.82. The second-order valence-electron chi connectivity index (χ2n) is 5.29. The number of benzene rings is 1. The molecule has 23 heavy (non-hydrogen) atoms. The fraction of sp³-hybridized carbons (Fsp3) is 0.412. The van der Waals surface area contributed by atoms with Gasteiger partial charge in [-0.1, -0.05) is 24.9 Å². The van der Waals surface area contributed by atoms with Crippen LogP contribution < -0.4 is 15.0 Å². The van der Waals surface area contributed by atoms with Gasteiger partial charge in [0.2, 0.25) is 0 Å². The molecular formula is C17H23ClN4O. The SMILES string of the molecule is CCCCNc1nc(C)nc(N(C)c2ccc(OC)cc2)c1Cl. The van der Waals surface area contributed by atoms with Gasteiger partial charge < -0.3 is 15.0 Å². The fourth-order valence-electron chi connectivity index (χ4n) is 2.20. The summed E-state index contributed by atoms with van der Waals surface area (Å²) in [6, 6.07) is 7.76. The largest absolute Gasteiger partial charge is 0.497 e. The highest BCUT2D eigenvalue weighted by Crippen LogP contribution is 2.33. The van der Waals surface area contributed by atoms with E-state index in [0.717, 1.165) is 30.8 Å². The van der Waals surface area contributed by atoms with E-state index in [0.29, 0.717) is 22.5 Å². The summed E-state index contributed by atoms with van der Waals surface area (Å²) in [4.78, 5) is 10.8. The third-order valence-corrected chi connectivity index (χ3v) is 3.89. The molecule has 0 unspecified atom stereocenters. The molecule has 0 aliphatic rings. The van der Waals surface area contributed by atoms with Crippen LogP contribution in [0.25, 0.3) is 0 Å². The number of nitrogens with zero attached hydrogens (tertiary/aromatic N) is 3. The zero-order valence-electron chi connectivity index (χ0n) is 14.1. The Kier molecular flexibility index (Phi) is 6.04. The summed E-state index contributed by atoms with van der Waals surface area (Å²) in [5.41, 5.74) is 0.977. The van der Waals surface area contributed by atoms with E-state index in [4.69, 9.17) is 16.3 Å². The van der Waals surface area contributed by atoms with Crippen molar-refractivity contribution in [2.75, 3.05) is 30.9 Å². The number of nitrogens with one attached hydrogen (secondary N) is 1. The number of unbranched alkanes of at least 4 members (excludes halogenated alkanes) is 1. The molecule has 0 saturated heterocycles. The van der Waals surface area contributed by atoms with Gasteiger partial charge in [-0.25, -0.2) is 9.97 Å². The Hall–Kier alpha value is -2.01. The normalized spacial score (nSPS) is 10.5. The van der Waals surface area contributed by atoms with Gasteiger partial charge in [0.25, 0.3) is 0 Å². The Balaban J connectivity index is 2.29. The number of ether oxygens (including phenoxy) is 1. The van der Waals surface area contributed by atoms with Crippen LogP contribution in [-0.2, 0) is 0 Å². The van der Waals surface area contributed by atoms with Crippen LogP contribution in [-0.4, -0.2) is 30.7 Å². The van der Waals surface area contributed by atoms with Gasteiger partial charge in [0.15, 0.2) is 11.6 Å². The van der Waals surface area contributed by atoms with Gasteiger partial charge in [0.1, 0.15) is 16.6 Å². The average molecular weight is 335 g/mol. The van der Waals surface area contributed by atoms with E-state index in [9.17, 15) is 0 Å². The van der Waals surface area contributed by atoms with Crippen molar-refractivity contribution in [2.24, 2.45) is 0 Å². The highest BCUT2D eigenvalue weighted by Gasteiger charge is 2.16. The average Bonchev–Trinajstić information content (AvgIpc) is 2.57. The molecule has 1 N–H and O–H groups in total. The molecule has 0 amide bonds. The molecule has 0 fully saturated rings. The third-order valence-electron chi connectivity index (χ3n) is 3.55. The van der Waals surface area contributed by atoms with E-state index < -0.39 is 0 Å². The predicted molar refractivity (Wildman–Crippen MR) is 96.2 cm³/mol. The van der Waals surface area contributed by atoms with E-state index in [1.54, 1.807) is 7.11 Å². The van der Waals surface area contributed by atoms with Crippen LogP contribution in [0.3, 0.4) is 0 Å². The fourth-order valence-corrected chi connectivity index (χ4v) is 2.47. The first kappa shape index (κ1) is 17.3. The molecule has 124 valence electrons. The van der Waals surface area contributed by atoms with Crippen LogP contribution in [0.2, 0.25) is 5.02 Å². The van der Waals surface area contributed by atoms with Crippen molar-refractivity contribution in [3.05, 3.63) is 35.1 Å². The maximum absolute atomic E-state index is 6.51. The lowest BCUT2D eigenvalue weighted by molar-refractivity contribution is 0.415. The zero-order valence-corrected chi connectivity index (χ0v) is 14.8. The number of anilines is 3. The lowest BCUT2D eigenvalue weighted by atomic mass is 10.2. The van der Waals surface area contributed by atoms with E-state index in [1.165, 1.54) is 0 Å². The number of aromatic nitrogens is 2. The highest BCUT2D eigenvalue weighted by molar-refractivity contribution is 6.35. The molecule has 2 aromatic rings. The highest BCUT2D eigenvalue weighted by atomic mass is 35.5. The van der Waals surface area contributed by atoms with Gasteiger partial charge in [0.05, 0.1) is 7.11 Å². The van der Waals surface area contributed by atoms with E-state index in [-0.39, 0.29) is 0 Å². The molecule has 1 aromatic heterocycles. The summed E-state index contributed by atoms with van der Waals surface area (Å²) in [6.07, 6.45) is 2.19. The van der Waals surface area contributed by atoms with Crippen LogP contribution in [0.5, 0.6) is 5.75 Å². The summed E-state index contributed by atoms with van der Waals surface area (Å²) in [7, 11) is 3.59. The second-order valence-corrected chi connectivity index (χ2v) is 5.67. The smallest absolute Gasteiger partial charge is 0.157 e. The van der Waals surface area contributed by atoms with Crippen LogP contribution >= 0.6 is 11.6 Å². The first-order valence-corrected chi connectivity index (χ1v) is 8.10. The quantitative estimate of drug-likeness (QED) is 0.759. The molecule has 1 aromatic carbocycles. The van der Waals surface area contributed by atoms with E-state index in [2.05, 4.69) is 22.2 Å². The lowest BCUT2D eigenvalue weighted by Gasteiger charge is -2.21. The number of halogens is 1. The first-order chi connectivity index (χ1) is 11.1. The topological polar surface area (TPSA) is 50.3 Å². The van der Waals surface area contributed by atoms with Gasteiger partial charge >= 0.3 is 0 Å². The van der Waals surface area contributed by atoms with Crippen molar-refractivity contribution in [1.29, 1.82) is 0 Å². The predicted octanol–water partition coefficient (Wildman–Crippen LogP) is 4.43. The van der Waals surface area contributed by atoms with Crippen LogP contribution in [0.15, 0.2) is 24.3 Å². The Bertz CT molecular complexity index is 646. The number of aryl methyl sites for hydroxylation is 1. The molecular weight excluding hydrogens is 312 g/mol. The molecule has 0 aliphatic carbocycles. The minimum absolute atomic E-state index is 0.532. The Morgan fingerprint density at radius 1 is 1.22 bits per heavy atom. The monoisotopic (exact) mass is 334 g/mol. The van der Waals surface area contributed by atoms with Crippen LogP contribution in [0.4, 0.5) is 17.3 Å². The van der Waals surface area contributed by atoms with Crippen molar-refractivity contribution < 1.29 is 4.74 Å². The molecule has 0 spiro atoms. The second kappa shape index (κ2) is 8.02. The van der Waals surface area contributed by atoms with Crippen LogP contribution in [0, 0.1) is 6.92 Å². The minimum atomic E-state index is 0.532. The maximum atomic E-state index is 6.51. The molecule has 0 saturated carbocycles. The standard InChI is InChI=1S/C17H23ClN4O/c1-5-6-11-19-16-15(18)17(21-12(2)20-16)22(3)13-7-9-14(23-4)10-8-13/h7-10H,5-6,11H2,1-4H3,(H,19,20,21). The molecule has 2 rings (SSSR count). The van der Waals surface area contributed by atoms with Gasteiger partial charge in [0, 0.05) is 19.3 Å². The summed E-state index contributed by atoms with van der Waals surface area (Å²) >= 11 is 6.51. The summed E-state index contributed by atoms with van der Waals surface area (Å²) in [6.45, 7) is 4.86. The number of methoxy groups -OCH3 is 1. The Morgan fingerprint density at radius 3 is 2.52 bits per heavy atom. The Labute approximate surface area is 142 Å². The first-order valence-electron chi connectivity index (χ1n) is 7.72. The van der Waals surface area contributed by atoms with Crippen molar-refractivity contribution in [3.63, 3.8) is 0 Å². The van der Waals surface area contributed by atoms with Gasteiger partial charge in [-0.3, -0.25) is 0 Å². The van der Waals surface area contributed by atoms with Crippen molar-refractivity contribution in [2.45, 2.75) is 26.7 Å². The van der Waals surface area contributed by atoms with E-state index >= 15 is 0 Å². The zero-order chi connectivity index (χ0) is 16.8. The third kappa shape index (κ3) is 4.26. The molecule has 6 heteroatoms. The number of hydrogen-bond donors (Lipinski definition) is 1. The Morgan fingerprint density at radius 2 is 1.91 bits per heavy atom. The van der Waals surface area contributed by atoms with E-state index in [1.807, 2.05) is 43.1 Å². The van der Waals surface area contributed by atoms with Crippen molar-refractivity contribution in [3.8, 4) is 5.75 Å². The molecule has 1 heterocycles. The van der Waals surface area contributed by atoms with Gasteiger partial charge in [-0.15, -0.1) is 0 Å². The van der Waals surface area contributed by atoms with Crippen molar-refractivity contribution in [1.82, 2.24) is 9.97 Å². The van der Waals surface area contributed by atoms with Gasteiger partial charge in [-0.2, -0.15) is 0 Å². The molecule has 0 atom stereocenters. The maximum Gasteiger partial charge on any atom is 0.157 e. The molecule has 0 radical (unpaired) electrons. The van der Waals surface area contributed by atoms with Crippen LogP contribution in [0.1, 0.15) is 25.6 Å². The number of rotatable bonds is 7.